The number of aromatic nitrogens is 2. The van der Waals surface area contributed by atoms with Gasteiger partial charge in [-0.1, -0.05) is 11.6 Å². The molecule has 4 nitrogen and oxygen atoms in total. The van der Waals surface area contributed by atoms with Crippen molar-refractivity contribution in [2.45, 2.75) is 19.9 Å². The molecule has 1 aromatic heterocycles. The Morgan fingerprint density at radius 1 is 1.53 bits per heavy atom. The van der Waals surface area contributed by atoms with E-state index in [4.69, 9.17) is 11.6 Å². The molecule has 1 heterocycles. The Morgan fingerprint density at radius 3 is 2.94 bits per heavy atom. The molecule has 0 aliphatic heterocycles. The molecule has 2 aromatic rings. The van der Waals surface area contributed by atoms with E-state index < -0.39 is 0 Å². The molecule has 0 aliphatic rings. The van der Waals surface area contributed by atoms with Crippen LogP contribution in [0.2, 0.25) is 5.02 Å². The minimum atomic E-state index is -0.291. The predicted molar refractivity (Wildman–Crippen MR) is 66.1 cm³/mol. The normalized spacial score (nSPS) is 10.8. The van der Waals surface area contributed by atoms with E-state index in [1.165, 1.54) is 7.11 Å². The molecule has 0 aliphatic carbocycles. The molecule has 0 N–H and O–H groups in total. The van der Waals surface area contributed by atoms with Crippen LogP contribution in [0, 0.1) is 0 Å². The number of aryl methyl sites for hydroxylation is 1. The lowest BCUT2D eigenvalue weighted by molar-refractivity contribution is -0.139. The second-order valence-corrected chi connectivity index (χ2v) is 4.09. The average Bonchev–Trinajstić information content (AvgIpc) is 2.65. The van der Waals surface area contributed by atoms with Crippen LogP contribution in [0.4, 0.5) is 0 Å². The number of imidazole rings is 1. The number of fused-ring (bicyclic) bond motifs is 1. The monoisotopic (exact) mass is 252 g/mol. The van der Waals surface area contributed by atoms with E-state index in [9.17, 15) is 4.79 Å². The van der Waals surface area contributed by atoms with Gasteiger partial charge in [0.25, 0.3) is 0 Å². The third kappa shape index (κ3) is 2.26. The molecule has 0 atom stereocenters. The fourth-order valence-electron chi connectivity index (χ4n) is 1.83. The zero-order chi connectivity index (χ0) is 12.4. The summed E-state index contributed by atoms with van der Waals surface area (Å²) in [5.41, 5.74) is 1.79. The number of carbonyl (C=O) groups excluding carboxylic acids is 1. The highest BCUT2D eigenvalue weighted by atomic mass is 35.5. The fourth-order valence-corrected chi connectivity index (χ4v) is 2.00. The summed E-state index contributed by atoms with van der Waals surface area (Å²) in [5.74, 6) is 0.415. The van der Waals surface area contributed by atoms with E-state index in [2.05, 4.69) is 9.72 Å². The Hall–Kier alpha value is -1.55. The first-order valence-corrected chi connectivity index (χ1v) is 5.75. The lowest BCUT2D eigenvalue weighted by atomic mass is 10.3. The Kier molecular flexibility index (Phi) is 3.33. The first-order chi connectivity index (χ1) is 8.15. The number of benzene rings is 1. The van der Waals surface area contributed by atoms with Gasteiger partial charge in [0.15, 0.2) is 0 Å². The van der Waals surface area contributed by atoms with E-state index >= 15 is 0 Å². The SMILES string of the molecule is CCn1c(CC(=O)OC)nc2ccc(Cl)cc21. The van der Waals surface area contributed by atoms with E-state index in [-0.39, 0.29) is 12.4 Å². The van der Waals surface area contributed by atoms with E-state index in [1.807, 2.05) is 23.6 Å². The molecule has 90 valence electrons. The maximum absolute atomic E-state index is 11.3. The van der Waals surface area contributed by atoms with Crippen molar-refractivity contribution in [2.24, 2.45) is 0 Å². The summed E-state index contributed by atoms with van der Waals surface area (Å²) in [6.45, 7) is 2.74. The Morgan fingerprint density at radius 2 is 2.29 bits per heavy atom. The fraction of sp³-hybridized carbons (Fsp3) is 0.333. The summed E-state index contributed by atoms with van der Waals surface area (Å²) in [7, 11) is 1.37. The van der Waals surface area contributed by atoms with Gasteiger partial charge in [-0.15, -0.1) is 0 Å². The van der Waals surface area contributed by atoms with Gasteiger partial charge in [0.1, 0.15) is 12.2 Å². The maximum Gasteiger partial charge on any atom is 0.313 e. The summed E-state index contributed by atoms with van der Waals surface area (Å²) in [6, 6.07) is 5.50. The van der Waals surface area contributed by atoms with Crippen molar-refractivity contribution in [3.05, 3.63) is 29.0 Å². The molecule has 2 rings (SSSR count). The zero-order valence-corrected chi connectivity index (χ0v) is 10.5. The summed E-state index contributed by atoms with van der Waals surface area (Å²) in [5, 5.41) is 0.664. The van der Waals surface area contributed by atoms with E-state index in [0.717, 1.165) is 17.6 Å². The number of hydrogen-bond acceptors (Lipinski definition) is 3. The smallest absolute Gasteiger partial charge is 0.313 e. The summed E-state index contributed by atoms with van der Waals surface area (Å²) < 4.78 is 6.63. The maximum atomic E-state index is 11.3. The molecule has 17 heavy (non-hydrogen) atoms. The van der Waals surface area contributed by atoms with Crippen molar-refractivity contribution in [1.29, 1.82) is 0 Å². The number of esters is 1. The highest BCUT2D eigenvalue weighted by Crippen LogP contribution is 2.21. The van der Waals surface area contributed by atoms with Crippen LogP contribution in [0.1, 0.15) is 12.7 Å². The van der Waals surface area contributed by atoms with Crippen LogP contribution in [0.3, 0.4) is 0 Å². The molecule has 0 radical (unpaired) electrons. The second-order valence-electron chi connectivity index (χ2n) is 3.66. The summed E-state index contributed by atoms with van der Waals surface area (Å²) >= 11 is 5.96. The van der Waals surface area contributed by atoms with Crippen molar-refractivity contribution in [3.63, 3.8) is 0 Å². The van der Waals surface area contributed by atoms with Gasteiger partial charge in [-0.3, -0.25) is 4.79 Å². The number of nitrogens with zero attached hydrogens (tertiary/aromatic N) is 2. The molecule has 0 saturated carbocycles. The average molecular weight is 253 g/mol. The molecule has 0 spiro atoms. The lowest BCUT2D eigenvalue weighted by Gasteiger charge is -2.04. The Labute approximate surface area is 104 Å². The minimum Gasteiger partial charge on any atom is -0.469 e. The van der Waals surface area contributed by atoms with Gasteiger partial charge in [-0.25, -0.2) is 4.98 Å². The van der Waals surface area contributed by atoms with Gasteiger partial charge in [-0.2, -0.15) is 0 Å². The van der Waals surface area contributed by atoms with Crippen LogP contribution in [-0.2, 0) is 22.5 Å². The molecule has 1 aromatic carbocycles. The van der Waals surface area contributed by atoms with E-state index in [0.29, 0.717) is 10.8 Å². The number of methoxy groups -OCH3 is 1. The van der Waals surface area contributed by atoms with Gasteiger partial charge < -0.3 is 9.30 Å². The highest BCUT2D eigenvalue weighted by Gasteiger charge is 2.13. The second kappa shape index (κ2) is 4.75. The number of carbonyl (C=O) groups is 1. The van der Waals surface area contributed by atoms with Crippen LogP contribution in [0.25, 0.3) is 11.0 Å². The predicted octanol–water partition coefficient (Wildman–Crippen LogP) is 2.43. The Balaban J connectivity index is 2.52. The van der Waals surface area contributed by atoms with Crippen LogP contribution in [0.15, 0.2) is 18.2 Å². The number of ether oxygens (including phenoxy) is 1. The molecule has 0 unspecified atom stereocenters. The van der Waals surface area contributed by atoms with Crippen molar-refractivity contribution >= 4 is 28.6 Å². The van der Waals surface area contributed by atoms with Gasteiger partial charge in [0.05, 0.1) is 18.1 Å². The molecule has 0 saturated heterocycles. The van der Waals surface area contributed by atoms with Gasteiger partial charge in [-0.05, 0) is 25.1 Å². The van der Waals surface area contributed by atoms with Crippen LogP contribution < -0.4 is 0 Å². The van der Waals surface area contributed by atoms with Gasteiger partial charge in [0, 0.05) is 11.6 Å². The topological polar surface area (TPSA) is 44.1 Å². The van der Waals surface area contributed by atoms with Gasteiger partial charge >= 0.3 is 5.97 Å². The van der Waals surface area contributed by atoms with E-state index in [1.54, 1.807) is 6.07 Å². The third-order valence-corrected chi connectivity index (χ3v) is 2.87. The first kappa shape index (κ1) is 11.9. The summed E-state index contributed by atoms with van der Waals surface area (Å²) in [6.07, 6.45) is 0.177. The minimum absolute atomic E-state index is 0.177. The molecule has 0 fully saturated rings. The first-order valence-electron chi connectivity index (χ1n) is 5.37. The largest absolute Gasteiger partial charge is 0.469 e. The van der Waals surface area contributed by atoms with Crippen LogP contribution in [0.5, 0.6) is 0 Å². The number of hydrogen-bond donors (Lipinski definition) is 0. The summed E-state index contributed by atoms with van der Waals surface area (Å²) in [4.78, 5) is 15.7. The lowest BCUT2D eigenvalue weighted by Crippen LogP contribution is -2.10. The molecule has 5 heteroatoms. The zero-order valence-electron chi connectivity index (χ0n) is 9.74. The number of halogens is 1. The van der Waals surface area contributed by atoms with Crippen molar-refractivity contribution < 1.29 is 9.53 Å². The molecule has 0 bridgehead atoms. The van der Waals surface area contributed by atoms with Crippen LogP contribution >= 0.6 is 11.6 Å². The van der Waals surface area contributed by atoms with Crippen molar-refractivity contribution in [1.82, 2.24) is 9.55 Å². The standard InChI is InChI=1S/C12H13ClN2O2/c1-3-15-10-6-8(13)4-5-9(10)14-11(15)7-12(16)17-2/h4-6H,3,7H2,1-2H3. The van der Waals surface area contributed by atoms with Crippen molar-refractivity contribution in [3.8, 4) is 0 Å². The highest BCUT2D eigenvalue weighted by molar-refractivity contribution is 6.31. The molecule has 0 amide bonds. The Bertz CT molecular complexity index is 563. The van der Waals surface area contributed by atoms with Crippen LogP contribution in [-0.4, -0.2) is 22.6 Å². The molecular weight excluding hydrogens is 240 g/mol. The van der Waals surface area contributed by atoms with Crippen molar-refractivity contribution in [2.75, 3.05) is 7.11 Å². The molecular formula is C12H13ClN2O2. The third-order valence-electron chi connectivity index (χ3n) is 2.64. The number of rotatable bonds is 3. The van der Waals surface area contributed by atoms with Gasteiger partial charge in [0.2, 0.25) is 0 Å². The quantitative estimate of drug-likeness (QED) is 0.788.